The van der Waals surface area contributed by atoms with E-state index in [-0.39, 0.29) is 11.8 Å². The van der Waals surface area contributed by atoms with Crippen LogP contribution in [0.4, 0.5) is 5.95 Å². The van der Waals surface area contributed by atoms with E-state index in [0.29, 0.717) is 6.54 Å². The van der Waals surface area contributed by atoms with Gasteiger partial charge in [0.15, 0.2) is 0 Å². The highest BCUT2D eigenvalue weighted by Gasteiger charge is 2.26. The van der Waals surface area contributed by atoms with Crippen LogP contribution in [-0.2, 0) is 11.3 Å². The van der Waals surface area contributed by atoms with Gasteiger partial charge >= 0.3 is 0 Å². The third kappa shape index (κ3) is 2.99. The van der Waals surface area contributed by atoms with Gasteiger partial charge in [-0.05, 0) is 37.1 Å². The largest absolute Gasteiger partial charge is 0.467 e. The fraction of sp³-hybridized carbons (Fsp3) is 0.333. The summed E-state index contributed by atoms with van der Waals surface area (Å²) in [5.41, 5.74) is 2.02. The second-order valence-electron chi connectivity index (χ2n) is 6.14. The molecule has 0 spiro atoms. The van der Waals surface area contributed by atoms with Crippen LogP contribution in [-0.4, -0.2) is 29.0 Å². The molecular formula is C18H20N4O2. The predicted molar refractivity (Wildman–Crippen MR) is 91.6 cm³/mol. The molecule has 1 aliphatic heterocycles. The number of H-pyrrole nitrogens is 1. The van der Waals surface area contributed by atoms with Gasteiger partial charge in [0.25, 0.3) is 0 Å². The summed E-state index contributed by atoms with van der Waals surface area (Å²) in [7, 11) is 0. The van der Waals surface area contributed by atoms with Gasteiger partial charge in [-0.25, -0.2) is 4.98 Å². The maximum atomic E-state index is 12.3. The third-order valence-corrected chi connectivity index (χ3v) is 4.56. The minimum Gasteiger partial charge on any atom is -0.467 e. The zero-order chi connectivity index (χ0) is 16.4. The molecule has 6 heteroatoms. The second-order valence-corrected chi connectivity index (χ2v) is 6.14. The summed E-state index contributed by atoms with van der Waals surface area (Å²) in [6.07, 6.45) is 3.29. The summed E-state index contributed by atoms with van der Waals surface area (Å²) in [5.74, 6) is 1.84. The second kappa shape index (κ2) is 6.39. The molecular weight excluding hydrogens is 304 g/mol. The highest BCUT2D eigenvalue weighted by atomic mass is 16.3. The number of furan rings is 1. The quantitative estimate of drug-likeness (QED) is 0.774. The van der Waals surface area contributed by atoms with Crippen molar-refractivity contribution in [3.8, 4) is 0 Å². The van der Waals surface area contributed by atoms with Crippen molar-refractivity contribution >= 4 is 22.9 Å². The zero-order valence-electron chi connectivity index (χ0n) is 13.4. The number of hydrogen-bond acceptors (Lipinski definition) is 4. The normalized spacial score (nSPS) is 15.8. The molecule has 1 fully saturated rings. The number of aromatic amines is 1. The number of amides is 1. The average Bonchev–Trinajstić information content (AvgIpc) is 3.29. The van der Waals surface area contributed by atoms with Crippen LogP contribution in [0.3, 0.4) is 0 Å². The first-order chi connectivity index (χ1) is 11.8. The lowest BCUT2D eigenvalue weighted by Gasteiger charge is -2.31. The van der Waals surface area contributed by atoms with Crippen LogP contribution in [0.15, 0.2) is 47.1 Å². The minimum absolute atomic E-state index is 0.0561. The molecule has 2 aromatic heterocycles. The number of piperidine rings is 1. The molecule has 0 aliphatic carbocycles. The Balaban J connectivity index is 1.33. The highest BCUT2D eigenvalue weighted by molar-refractivity contribution is 5.79. The van der Waals surface area contributed by atoms with Crippen molar-refractivity contribution in [2.24, 2.45) is 5.92 Å². The van der Waals surface area contributed by atoms with Crippen LogP contribution in [0.5, 0.6) is 0 Å². The fourth-order valence-electron chi connectivity index (χ4n) is 3.17. The lowest BCUT2D eigenvalue weighted by molar-refractivity contribution is -0.125. The third-order valence-electron chi connectivity index (χ3n) is 4.56. The summed E-state index contributed by atoms with van der Waals surface area (Å²) in [4.78, 5) is 22.5. The predicted octanol–water partition coefficient (Wildman–Crippen LogP) is 2.69. The summed E-state index contributed by atoms with van der Waals surface area (Å²) in [5, 5.41) is 2.96. The Morgan fingerprint density at radius 1 is 1.25 bits per heavy atom. The van der Waals surface area contributed by atoms with Crippen molar-refractivity contribution in [1.82, 2.24) is 15.3 Å². The number of para-hydroxylation sites is 2. The number of nitrogens with zero attached hydrogens (tertiary/aromatic N) is 2. The maximum absolute atomic E-state index is 12.3. The lowest BCUT2D eigenvalue weighted by Crippen LogP contribution is -2.40. The Morgan fingerprint density at radius 2 is 2.08 bits per heavy atom. The number of imidazole rings is 1. The topological polar surface area (TPSA) is 74.2 Å². The van der Waals surface area contributed by atoms with Gasteiger partial charge in [0.1, 0.15) is 5.76 Å². The summed E-state index contributed by atoms with van der Waals surface area (Å²) in [6, 6.07) is 11.7. The van der Waals surface area contributed by atoms with Crippen LogP contribution in [0.25, 0.3) is 11.0 Å². The molecule has 4 rings (SSSR count). The summed E-state index contributed by atoms with van der Waals surface area (Å²) in [6.45, 7) is 2.12. The Kier molecular flexibility index (Phi) is 3.94. The standard InChI is InChI=1S/C18H20N4O2/c23-17(19-12-14-4-3-11-24-14)13-7-9-22(10-8-13)18-20-15-5-1-2-6-16(15)21-18/h1-6,11,13H,7-10,12H2,(H,19,23)(H,20,21). The van der Waals surface area contributed by atoms with E-state index in [1.54, 1.807) is 6.26 Å². The molecule has 2 N–H and O–H groups in total. The van der Waals surface area contributed by atoms with Crippen molar-refractivity contribution in [3.63, 3.8) is 0 Å². The number of benzene rings is 1. The van der Waals surface area contributed by atoms with E-state index in [1.807, 2.05) is 36.4 Å². The van der Waals surface area contributed by atoms with E-state index < -0.39 is 0 Å². The molecule has 1 amide bonds. The van der Waals surface area contributed by atoms with Gasteiger partial charge in [-0.2, -0.15) is 0 Å². The summed E-state index contributed by atoms with van der Waals surface area (Å²) < 4.78 is 5.24. The molecule has 1 saturated heterocycles. The first kappa shape index (κ1) is 14.8. The van der Waals surface area contributed by atoms with Crippen LogP contribution in [0, 0.1) is 5.92 Å². The molecule has 24 heavy (non-hydrogen) atoms. The van der Waals surface area contributed by atoms with Gasteiger partial charge in [-0.3, -0.25) is 4.79 Å². The molecule has 6 nitrogen and oxygen atoms in total. The molecule has 0 bridgehead atoms. The first-order valence-electron chi connectivity index (χ1n) is 8.29. The van der Waals surface area contributed by atoms with Gasteiger partial charge in [0, 0.05) is 19.0 Å². The average molecular weight is 324 g/mol. The Hall–Kier alpha value is -2.76. The Labute approximate surface area is 139 Å². The molecule has 3 aromatic rings. The monoisotopic (exact) mass is 324 g/mol. The Morgan fingerprint density at radius 3 is 2.83 bits per heavy atom. The lowest BCUT2D eigenvalue weighted by atomic mass is 9.96. The van der Waals surface area contributed by atoms with E-state index >= 15 is 0 Å². The number of rotatable bonds is 4. The number of aromatic nitrogens is 2. The number of hydrogen-bond donors (Lipinski definition) is 2. The number of fused-ring (bicyclic) bond motifs is 1. The fourth-order valence-corrected chi connectivity index (χ4v) is 3.17. The van der Waals surface area contributed by atoms with E-state index in [2.05, 4.69) is 20.2 Å². The molecule has 124 valence electrons. The SMILES string of the molecule is O=C(NCc1ccco1)C1CCN(c2nc3ccccc3[nH]2)CC1. The van der Waals surface area contributed by atoms with Crippen LogP contribution in [0.1, 0.15) is 18.6 Å². The molecule has 1 aliphatic rings. The van der Waals surface area contributed by atoms with Gasteiger partial charge in [-0.1, -0.05) is 12.1 Å². The van der Waals surface area contributed by atoms with Crippen molar-refractivity contribution < 1.29 is 9.21 Å². The van der Waals surface area contributed by atoms with Gasteiger partial charge < -0.3 is 19.6 Å². The molecule has 1 aromatic carbocycles. The van der Waals surface area contributed by atoms with Crippen LogP contribution in [0.2, 0.25) is 0 Å². The van der Waals surface area contributed by atoms with Gasteiger partial charge in [0.2, 0.25) is 11.9 Å². The van der Waals surface area contributed by atoms with Crippen molar-refractivity contribution in [2.75, 3.05) is 18.0 Å². The van der Waals surface area contributed by atoms with Gasteiger partial charge in [-0.15, -0.1) is 0 Å². The minimum atomic E-state index is 0.0561. The number of carbonyl (C=O) groups excluding carboxylic acids is 1. The van der Waals surface area contributed by atoms with Crippen molar-refractivity contribution in [3.05, 3.63) is 48.4 Å². The maximum Gasteiger partial charge on any atom is 0.223 e. The highest BCUT2D eigenvalue weighted by Crippen LogP contribution is 2.23. The van der Waals surface area contributed by atoms with E-state index in [1.165, 1.54) is 0 Å². The molecule has 0 saturated carbocycles. The summed E-state index contributed by atoms with van der Waals surface area (Å²) >= 11 is 0. The number of anilines is 1. The molecule has 3 heterocycles. The first-order valence-corrected chi connectivity index (χ1v) is 8.29. The van der Waals surface area contributed by atoms with Crippen LogP contribution >= 0.6 is 0 Å². The molecule has 0 radical (unpaired) electrons. The number of nitrogens with one attached hydrogen (secondary N) is 2. The number of carbonyl (C=O) groups is 1. The smallest absolute Gasteiger partial charge is 0.223 e. The molecule has 0 unspecified atom stereocenters. The zero-order valence-corrected chi connectivity index (χ0v) is 13.4. The molecule has 0 atom stereocenters. The van der Waals surface area contributed by atoms with Crippen molar-refractivity contribution in [2.45, 2.75) is 19.4 Å². The Bertz CT molecular complexity index is 784. The van der Waals surface area contributed by atoms with E-state index in [0.717, 1.165) is 48.7 Å². The van der Waals surface area contributed by atoms with E-state index in [4.69, 9.17) is 4.42 Å². The van der Waals surface area contributed by atoms with E-state index in [9.17, 15) is 4.79 Å². The van der Waals surface area contributed by atoms with Crippen LogP contribution < -0.4 is 10.2 Å². The van der Waals surface area contributed by atoms with Crippen molar-refractivity contribution in [1.29, 1.82) is 0 Å². The van der Waals surface area contributed by atoms with Gasteiger partial charge in [0.05, 0.1) is 23.8 Å².